The number of aromatic amines is 1. The van der Waals surface area contributed by atoms with Crippen LogP contribution in [-0.2, 0) is 26.2 Å². The number of carboxylic acids is 2. The van der Waals surface area contributed by atoms with Crippen molar-refractivity contribution in [2.45, 2.75) is 37.2 Å². The number of aryl methyl sites for hydroxylation is 1. The van der Waals surface area contributed by atoms with Crippen LogP contribution >= 0.6 is 0 Å². The number of nitrogens with zero attached hydrogens (tertiary/aromatic N) is 2. The first kappa shape index (κ1) is 26.4. The van der Waals surface area contributed by atoms with E-state index in [4.69, 9.17) is 11.5 Å². The average molecular weight is 513 g/mol. The average Bonchev–Trinajstić information content (AvgIpc) is 2.81. The van der Waals surface area contributed by atoms with Crippen LogP contribution in [0.1, 0.15) is 24.2 Å². The van der Waals surface area contributed by atoms with Gasteiger partial charge in [0.25, 0.3) is 5.56 Å². The first-order chi connectivity index (χ1) is 17.0. The molecule has 1 unspecified atom stereocenters. The molecule has 0 bridgehead atoms. The monoisotopic (exact) mass is 512 g/mol. The van der Waals surface area contributed by atoms with Gasteiger partial charge in [0, 0.05) is 18.7 Å². The van der Waals surface area contributed by atoms with Crippen molar-refractivity contribution in [2.75, 3.05) is 11.4 Å². The van der Waals surface area contributed by atoms with Crippen LogP contribution < -0.4 is 15.2 Å². The molecule has 0 saturated carbocycles. The number of sulfonamides is 1. The van der Waals surface area contributed by atoms with Gasteiger partial charge in [-0.15, -0.1) is 6.42 Å². The van der Waals surface area contributed by atoms with Crippen molar-refractivity contribution < 1.29 is 28.2 Å². The van der Waals surface area contributed by atoms with Crippen LogP contribution in [0.2, 0.25) is 0 Å². The molecular formula is C24H24N4O7S. The second-order valence-corrected chi connectivity index (χ2v) is 9.72. The molecule has 0 radical (unpaired) electrons. The number of carbonyl (C=O) groups is 2. The molecule has 11 nitrogen and oxygen atoms in total. The number of aliphatic carboxylic acids is 2. The molecule has 0 saturated heterocycles. The number of rotatable bonds is 11. The maximum absolute atomic E-state index is 12.7. The molecular weight excluding hydrogens is 488 g/mol. The van der Waals surface area contributed by atoms with Crippen LogP contribution in [0.5, 0.6) is 0 Å². The molecule has 0 amide bonds. The number of hydrogen-bond acceptors (Lipinski definition) is 7. The Bertz CT molecular complexity index is 1490. The zero-order valence-electron chi connectivity index (χ0n) is 19.3. The Morgan fingerprint density at radius 3 is 2.50 bits per heavy atom. The van der Waals surface area contributed by atoms with Crippen molar-refractivity contribution in [2.24, 2.45) is 0 Å². The molecule has 0 spiro atoms. The fourth-order valence-corrected chi connectivity index (χ4v) is 4.79. The van der Waals surface area contributed by atoms with E-state index in [1.807, 2.05) is 10.8 Å². The van der Waals surface area contributed by atoms with Crippen molar-refractivity contribution in [3.8, 4) is 12.3 Å². The van der Waals surface area contributed by atoms with Gasteiger partial charge in [0.1, 0.15) is 11.9 Å². The molecule has 4 N–H and O–H groups in total. The molecule has 1 atom stereocenters. The number of aromatic nitrogens is 2. The SMILES string of the molecule is C#CCN(Cc1ccc2nc(C)[nH]c(=O)c2c1)c1ccc(S(=O)(=O)NC(CCC(=O)O)C(=O)O)cc1. The molecule has 3 rings (SSSR count). The zero-order valence-corrected chi connectivity index (χ0v) is 20.1. The van der Waals surface area contributed by atoms with Crippen LogP contribution in [0, 0.1) is 19.3 Å². The third kappa shape index (κ3) is 6.47. The summed E-state index contributed by atoms with van der Waals surface area (Å²) in [4.78, 5) is 43.0. The van der Waals surface area contributed by atoms with E-state index in [2.05, 4.69) is 15.9 Å². The van der Waals surface area contributed by atoms with Crippen molar-refractivity contribution >= 4 is 38.6 Å². The molecule has 0 aliphatic rings. The van der Waals surface area contributed by atoms with Gasteiger partial charge in [-0.05, 0) is 55.3 Å². The van der Waals surface area contributed by atoms with Crippen molar-refractivity contribution in [1.82, 2.24) is 14.7 Å². The summed E-state index contributed by atoms with van der Waals surface area (Å²) >= 11 is 0. The quantitative estimate of drug-likeness (QED) is 0.278. The Hall–Kier alpha value is -4.21. The Morgan fingerprint density at radius 1 is 1.19 bits per heavy atom. The van der Waals surface area contributed by atoms with Crippen molar-refractivity contribution in [1.29, 1.82) is 0 Å². The van der Waals surface area contributed by atoms with E-state index in [1.54, 1.807) is 24.0 Å². The van der Waals surface area contributed by atoms with E-state index in [0.29, 0.717) is 29.0 Å². The fourth-order valence-electron chi connectivity index (χ4n) is 3.56. The van der Waals surface area contributed by atoms with Gasteiger partial charge in [-0.3, -0.25) is 14.4 Å². The third-order valence-electron chi connectivity index (χ3n) is 5.30. The Labute approximate surface area is 206 Å². The Balaban J connectivity index is 1.82. The lowest BCUT2D eigenvalue weighted by Gasteiger charge is -2.23. The standard InChI is InChI=1S/C24H24N4O7S/c1-3-12-28(14-16-4-9-20-19(13-16)23(31)26-15(2)25-20)17-5-7-18(8-6-17)36(34,35)27-21(24(32)33)10-11-22(29)30/h1,4-9,13,21,27H,10-12,14H2,2H3,(H,29,30)(H,32,33)(H,25,26,31). The summed E-state index contributed by atoms with van der Waals surface area (Å²) < 4.78 is 27.4. The molecule has 12 heteroatoms. The second kappa shape index (κ2) is 11.0. The van der Waals surface area contributed by atoms with Crippen LogP contribution in [0.25, 0.3) is 10.9 Å². The number of carboxylic acid groups (broad SMARTS) is 2. The van der Waals surface area contributed by atoms with Crippen molar-refractivity contribution in [3.05, 3.63) is 64.2 Å². The van der Waals surface area contributed by atoms with E-state index >= 15 is 0 Å². The summed E-state index contributed by atoms with van der Waals surface area (Å²) in [6, 6.07) is 9.35. The number of terminal acetylenes is 1. The highest BCUT2D eigenvalue weighted by Gasteiger charge is 2.26. The molecule has 36 heavy (non-hydrogen) atoms. The summed E-state index contributed by atoms with van der Waals surface area (Å²) in [6.45, 7) is 2.22. The number of hydrogen-bond donors (Lipinski definition) is 4. The van der Waals surface area contributed by atoms with E-state index in [9.17, 15) is 27.9 Å². The molecule has 0 fully saturated rings. The number of benzene rings is 2. The first-order valence-corrected chi connectivity index (χ1v) is 12.2. The first-order valence-electron chi connectivity index (χ1n) is 10.7. The van der Waals surface area contributed by atoms with Gasteiger partial charge in [-0.1, -0.05) is 12.0 Å². The lowest BCUT2D eigenvalue weighted by Crippen LogP contribution is -2.41. The summed E-state index contributed by atoms with van der Waals surface area (Å²) in [6.07, 6.45) is 4.62. The highest BCUT2D eigenvalue weighted by Crippen LogP contribution is 2.21. The van der Waals surface area contributed by atoms with E-state index in [1.165, 1.54) is 24.3 Å². The molecule has 0 aliphatic heterocycles. The molecule has 3 aromatic rings. The zero-order chi connectivity index (χ0) is 26.5. The minimum absolute atomic E-state index is 0.188. The topological polar surface area (TPSA) is 170 Å². The second-order valence-electron chi connectivity index (χ2n) is 8.00. The summed E-state index contributed by atoms with van der Waals surface area (Å²) in [5, 5.41) is 18.4. The van der Waals surface area contributed by atoms with Crippen LogP contribution in [0.15, 0.2) is 52.2 Å². The lowest BCUT2D eigenvalue weighted by atomic mass is 10.1. The molecule has 2 aromatic carbocycles. The fraction of sp³-hybridized carbons (Fsp3) is 0.250. The minimum Gasteiger partial charge on any atom is -0.481 e. The van der Waals surface area contributed by atoms with E-state index in [-0.39, 0.29) is 17.0 Å². The number of fused-ring (bicyclic) bond motifs is 1. The third-order valence-corrected chi connectivity index (χ3v) is 6.79. The summed E-state index contributed by atoms with van der Waals surface area (Å²) in [5.74, 6) is 0.349. The maximum Gasteiger partial charge on any atom is 0.321 e. The molecule has 188 valence electrons. The lowest BCUT2D eigenvalue weighted by molar-refractivity contribution is -0.140. The normalized spacial score (nSPS) is 12.1. The maximum atomic E-state index is 12.7. The highest BCUT2D eigenvalue weighted by atomic mass is 32.2. The van der Waals surface area contributed by atoms with Crippen LogP contribution in [0.4, 0.5) is 5.69 Å². The summed E-state index contributed by atoms with van der Waals surface area (Å²) in [7, 11) is -4.23. The highest BCUT2D eigenvalue weighted by molar-refractivity contribution is 7.89. The van der Waals surface area contributed by atoms with Gasteiger partial charge in [-0.25, -0.2) is 13.4 Å². The summed E-state index contributed by atoms with van der Waals surface area (Å²) in [5.41, 5.74) is 1.69. The molecule has 1 heterocycles. The minimum atomic E-state index is -4.23. The van der Waals surface area contributed by atoms with E-state index < -0.39 is 40.8 Å². The largest absolute Gasteiger partial charge is 0.481 e. The van der Waals surface area contributed by atoms with E-state index in [0.717, 1.165) is 5.56 Å². The Kier molecular flexibility index (Phi) is 8.08. The van der Waals surface area contributed by atoms with Crippen LogP contribution in [0.3, 0.4) is 0 Å². The Morgan fingerprint density at radius 2 is 1.89 bits per heavy atom. The molecule has 1 aromatic heterocycles. The smallest absolute Gasteiger partial charge is 0.321 e. The van der Waals surface area contributed by atoms with Crippen LogP contribution in [-0.4, -0.2) is 53.1 Å². The molecule has 0 aliphatic carbocycles. The van der Waals surface area contributed by atoms with Gasteiger partial charge in [-0.2, -0.15) is 4.72 Å². The van der Waals surface area contributed by atoms with Gasteiger partial charge >= 0.3 is 11.9 Å². The predicted molar refractivity (Wildman–Crippen MR) is 132 cm³/mol. The number of nitrogens with one attached hydrogen (secondary N) is 2. The van der Waals surface area contributed by atoms with Gasteiger partial charge in [0.2, 0.25) is 10.0 Å². The van der Waals surface area contributed by atoms with Gasteiger partial charge in [0.15, 0.2) is 0 Å². The van der Waals surface area contributed by atoms with Gasteiger partial charge in [0.05, 0.1) is 22.3 Å². The van der Waals surface area contributed by atoms with Crippen molar-refractivity contribution in [3.63, 3.8) is 0 Å². The predicted octanol–water partition coefficient (Wildman–Crippen LogP) is 1.47. The number of anilines is 1. The van der Waals surface area contributed by atoms with Gasteiger partial charge < -0.3 is 20.1 Å². The number of H-pyrrole nitrogens is 1.